The minimum absolute atomic E-state index is 0.132. The first-order chi connectivity index (χ1) is 15.1. The molecular formula is C24H21N3O4. The predicted molar refractivity (Wildman–Crippen MR) is 116 cm³/mol. The summed E-state index contributed by atoms with van der Waals surface area (Å²) in [5.74, 6) is 0.331. The Hall–Kier alpha value is -4.13. The second-order valence-corrected chi connectivity index (χ2v) is 6.86. The monoisotopic (exact) mass is 415 g/mol. The molecule has 1 aliphatic rings. The lowest BCUT2D eigenvalue weighted by atomic mass is 10.0. The Kier molecular flexibility index (Phi) is 5.66. The van der Waals surface area contributed by atoms with Crippen LogP contribution in [-0.4, -0.2) is 35.9 Å². The average molecular weight is 415 g/mol. The number of carbonyl (C=O) groups is 2. The second-order valence-electron chi connectivity index (χ2n) is 6.86. The smallest absolute Gasteiger partial charge is 0.278 e. The van der Waals surface area contributed by atoms with Crippen LogP contribution >= 0.6 is 0 Å². The van der Waals surface area contributed by atoms with Crippen molar-refractivity contribution in [3.63, 3.8) is 0 Å². The van der Waals surface area contributed by atoms with E-state index in [1.807, 2.05) is 24.3 Å². The Morgan fingerprint density at radius 2 is 1.74 bits per heavy atom. The van der Waals surface area contributed by atoms with Gasteiger partial charge in [-0.25, -0.2) is 0 Å². The molecule has 7 nitrogen and oxygen atoms in total. The van der Waals surface area contributed by atoms with Crippen molar-refractivity contribution >= 4 is 23.1 Å². The number of hydrogen-bond acceptors (Lipinski definition) is 6. The Labute approximate surface area is 179 Å². The zero-order valence-electron chi connectivity index (χ0n) is 17.2. The molecule has 0 saturated carbocycles. The number of hydrogen-bond donors (Lipinski definition) is 1. The van der Waals surface area contributed by atoms with Gasteiger partial charge in [0.25, 0.3) is 11.8 Å². The van der Waals surface area contributed by atoms with Gasteiger partial charge >= 0.3 is 0 Å². The Morgan fingerprint density at radius 1 is 0.935 bits per heavy atom. The third kappa shape index (κ3) is 3.98. The van der Waals surface area contributed by atoms with E-state index in [4.69, 9.17) is 9.47 Å². The summed E-state index contributed by atoms with van der Waals surface area (Å²) >= 11 is 0. The van der Waals surface area contributed by atoms with Crippen molar-refractivity contribution in [1.82, 2.24) is 9.88 Å². The molecule has 1 aliphatic heterocycles. The molecule has 2 heterocycles. The Morgan fingerprint density at radius 3 is 2.42 bits per heavy atom. The van der Waals surface area contributed by atoms with Crippen molar-refractivity contribution in [2.24, 2.45) is 0 Å². The quantitative estimate of drug-likeness (QED) is 0.595. The van der Waals surface area contributed by atoms with Gasteiger partial charge < -0.3 is 14.8 Å². The van der Waals surface area contributed by atoms with Crippen molar-refractivity contribution in [2.75, 3.05) is 19.5 Å². The molecule has 0 spiro atoms. The first kappa shape index (κ1) is 20.2. The number of benzene rings is 2. The number of ether oxygens (including phenoxy) is 2. The van der Waals surface area contributed by atoms with E-state index in [1.54, 1.807) is 55.9 Å². The van der Waals surface area contributed by atoms with Gasteiger partial charge in [-0.3, -0.25) is 19.5 Å². The van der Waals surface area contributed by atoms with Crippen molar-refractivity contribution in [3.8, 4) is 11.5 Å². The van der Waals surface area contributed by atoms with Crippen LogP contribution in [0.3, 0.4) is 0 Å². The highest BCUT2D eigenvalue weighted by Gasteiger charge is 2.39. The van der Waals surface area contributed by atoms with E-state index in [0.29, 0.717) is 28.3 Å². The predicted octanol–water partition coefficient (Wildman–Crippen LogP) is 3.49. The molecule has 0 bridgehead atoms. The summed E-state index contributed by atoms with van der Waals surface area (Å²) in [5.41, 5.74) is 2.48. The van der Waals surface area contributed by atoms with Crippen molar-refractivity contribution < 1.29 is 19.1 Å². The maximum absolute atomic E-state index is 13.3. The zero-order valence-corrected chi connectivity index (χ0v) is 17.2. The molecule has 1 N–H and O–H groups in total. The fourth-order valence-electron chi connectivity index (χ4n) is 3.42. The van der Waals surface area contributed by atoms with Crippen LogP contribution in [0.5, 0.6) is 11.5 Å². The number of nitrogens with zero attached hydrogens (tertiary/aromatic N) is 2. The SMILES string of the molecule is COc1ccc(NC2=C(c3ccccc3)C(=O)N(Cc3cccnc3)C2=O)c(OC)c1. The molecule has 7 heteroatoms. The van der Waals surface area contributed by atoms with Crippen LogP contribution in [0.4, 0.5) is 5.69 Å². The number of anilines is 1. The lowest BCUT2D eigenvalue weighted by Crippen LogP contribution is -2.32. The third-order valence-corrected chi connectivity index (χ3v) is 4.96. The Bertz CT molecular complexity index is 1140. The standard InChI is InChI=1S/C24H21N3O4/c1-30-18-10-11-19(20(13-18)31-2)26-22-21(17-8-4-3-5-9-17)23(28)27(24(22)29)15-16-7-6-12-25-14-16/h3-14,26H,15H2,1-2H3. The molecule has 0 aliphatic carbocycles. The number of amides is 2. The second kappa shape index (κ2) is 8.71. The topological polar surface area (TPSA) is 80.8 Å². The van der Waals surface area contributed by atoms with Crippen molar-refractivity contribution in [3.05, 3.63) is 89.9 Å². The summed E-state index contributed by atoms with van der Waals surface area (Å²) in [6.07, 6.45) is 3.29. The van der Waals surface area contributed by atoms with Gasteiger partial charge in [0, 0.05) is 18.5 Å². The van der Waals surface area contributed by atoms with Crippen molar-refractivity contribution in [2.45, 2.75) is 6.54 Å². The van der Waals surface area contributed by atoms with Crippen LogP contribution in [0.2, 0.25) is 0 Å². The number of imide groups is 1. The van der Waals surface area contributed by atoms with Crippen LogP contribution < -0.4 is 14.8 Å². The number of nitrogens with one attached hydrogen (secondary N) is 1. The molecule has 0 atom stereocenters. The summed E-state index contributed by atoms with van der Waals surface area (Å²) in [4.78, 5) is 31.9. The molecule has 0 saturated heterocycles. The molecule has 3 aromatic rings. The number of aromatic nitrogens is 1. The van der Waals surface area contributed by atoms with Crippen LogP contribution in [0, 0.1) is 0 Å². The van der Waals surface area contributed by atoms with E-state index in [1.165, 1.54) is 12.0 Å². The average Bonchev–Trinajstić information content (AvgIpc) is 3.04. The van der Waals surface area contributed by atoms with E-state index in [-0.39, 0.29) is 18.1 Å². The van der Waals surface area contributed by atoms with Gasteiger partial charge in [0.15, 0.2) is 0 Å². The summed E-state index contributed by atoms with van der Waals surface area (Å²) < 4.78 is 10.7. The van der Waals surface area contributed by atoms with E-state index in [2.05, 4.69) is 10.3 Å². The van der Waals surface area contributed by atoms with Gasteiger partial charge in [0.2, 0.25) is 0 Å². The van der Waals surface area contributed by atoms with Gasteiger partial charge in [0.05, 0.1) is 32.0 Å². The Balaban J connectivity index is 1.75. The molecule has 2 aromatic carbocycles. The van der Waals surface area contributed by atoms with E-state index >= 15 is 0 Å². The fourth-order valence-corrected chi connectivity index (χ4v) is 3.42. The number of rotatable bonds is 7. The molecule has 0 radical (unpaired) electrons. The van der Waals surface area contributed by atoms with Gasteiger partial charge in [-0.15, -0.1) is 0 Å². The highest BCUT2D eigenvalue weighted by molar-refractivity contribution is 6.36. The molecule has 0 fully saturated rings. The van der Waals surface area contributed by atoms with Crippen LogP contribution in [0.15, 0.2) is 78.8 Å². The molecule has 2 amide bonds. The first-order valence-electron chi connectivity index (χ1n) is 9.66. The lowest BCUT2D eigenvalue weighted by molar-refractivity contribution is -0.137. The van der Waals surface area contributed by atoms with E-state index in [9.17, 15) is 9.59 Å². The summed E-state index contributed by atoms with van der Waals surface area (Å²) in [7, 11) is 3.09. The molecular weight excluding hydrogens is 394 g/mol. The third-order valence-electron chi connectivity index (χ3n) is 4.96. The maximum atomic E-state index is 13.3. The normalized spacial score (nSPS) is 13.5. The van der Waals surface area contributed by atoms with Gasteiger partial charge in [-0.2, -0.15) is 0 Å². The minimum Gasteiger partial charge on any atom is -0.497 e. The fraction of sp³-hybridized carbons (Fsp3) is 0.125. The minimum atomic E-state index is -0.412. The van der Waals surface area contributed by atoms with Gasteiger partial charge in [0.1, 0.15) is 17.2 Å². The number of pyridine rings is 1. The summed E-state index contributed by atoms with van der Waals surface area (Å²) in [6, 6.07) is 17.9. The summed E-state index contributed by atoms with van der Waals surface area (Å²) in [6.45, 7) is 0.132. The van der Waals surface area contributed by atoms with Crippen LogP contribution in [0.1, 0.15) is 11.1 Å². The highest BCUT2D eigenvalue weighted by Crippen LogP contribution is 2.35. The van der Waals surface area contributed by atoms with Crippen molar-refractivity contribution in [1.29, 1.82) is 0 Å². The molecule has 4 rings (SSSR count). The molecule has 156 valence electrons. The molecule has 1 aromatic heterocycles. The number of methoxy groups -OCH3 is 2. The first-order valence-corrected chi connectivity index (χ1v) is 9.66. The van der Waals surface area contributed by atoms with Crippen LogP contribution in [-0.2, 0) is 16.1 Å². The maximum Gasteiger partial charge on any atom is 0.278 e. The lowest BCUT2D eigenvalue weighted by Gasteiger charge is -2.16. The zero-order chi connectivity index (χ0) is 21.8. The van der Waals surface area contributed by atoms with E-state index in [0.717, 1.165) is 5.56 Å². The molecule has 0 unspecified atom stereocenters. The molecule has 31 heavy (non-hydrogen) atoms. The van der Waals surface area contributed by atoms with E-state index < -0.39 is 5.91 Å². The summed E-state index contributed by atoms with van der Waals surface area (Å²) in [5, 5.41) is 3.13. The highest BCUT2D eigenvalue weighted by atomic mass is 16.5. The van der Waals surface area contributed by atoms with Gasteiger partial charge in [-0.05, 0) is 29.3 Å². The number of carbonyl (C=O) groups excluding carboxylic acids is 2. The van der Waals surface area contributed by atoms with Gasteiger partial charge in [-0.1, -0.05) is 36.4 Å². The largest absolute Gasteiger partial charge is 0.497 e. The van der Waals surface area contributed by atoms with Crippen LogP contribution in [0.25, 0.3) is 5.57 Å².